The van der Waals surface area contributed by atoms with Gasteiger partial charge in [0.2, 0.25) is 0 Å². The van der Waals surface area contributed by atoms with Crippen LogP contribution in [0.2, 0.25) is 0 Å². The molecule has 1 unspecified atom stereocenters. The second kappa shape index (κ2) is 6.73. The SMILES string of the molecule is Cc1cccc(OCCNC(=O)N2c3ccccc3CC2C)c1. The topological polar surface area (TPSA) is 41.6 Å². The Balaban J connectivity index is 1.52. The molecule has 0 spiro atoms. The van der Waals surface area contributed by atoms with Gasteiger partial charge in [-0.3, -0.25) is 4.90 Å². The highest BCUT2D eigenvalue weighted by Crippen LogP contribution is 2.31. The predicted octanol–water partition coefficient (Wildman–Crippen LogP) is 3.53. The second-order valence-electron chi connectivity index (χ2n) is 5.95. The lowest BCUT2D eigenvalue weighted by Gasteiger charge is -2.23. The molecular formula is C19H22N2O2. The maximum absolute atomic E-state index is 12.4. The Morgan fingerprint density at radius 1 is 1.26 bits per heavy atom. The maximum Gasteiger partial charge on any atom is 0.322 e. The summed E-state index contributed by atoms with van der Waals surface area (Å²) in [6.45, 7) is 5.04. The van der Waals surface area contributed by atoms with E-state index in [-0.39, 0.29) is 12.1 Å². The Hall–Kier alpha value is -2.49. The largest absolute Gasteiger partial charge is 0.492 e. The number of nitrogens with one attached hydrogen (secondary N) is 1. The molecule has 0 aromatic heterocycles. The summed E-state index contributed by atoms with van der Waals surface area (Å²) in [5.74, 6) is 0.833. The third kappa shape index (κ3) is 3.47. The number of nitrogens with zero attached hydrogens (tertiary/aromatic N) is 1. The van der Waals surface area contributed by atoms with Crippen LogP contribution in [0.25, 0.3) is 0 Å². The van der Waals surface area contributed by atoms with Gasteiger partial charge in [-0.15, -0.1) is 0 Å². The molecule has 0 fully saturated rings. The van der Waals surface area contributed by atoms with Gasteiger partial charge in [-0.25, -0.2) is 4.79 Å². The van der Waals surface area contributed by atoms with E-state index in [0.29, 0.717) is 13.2 Å². The Morgan fingerprint density at radius 2 is 2.09 bits per heavy atom. The summed E-state index contributed by atoms with van der Waals surface area (Å²) in [6.07, 6.45) is 0.906. The molecule has 0 saturated heterocycles. The first kappa shape index (κ1) is 15.4. The van der Waals surface area contributed by atoms with Gasteiger partial charge in [-0.05, 0) is 49.6 Å². The van der Waals surface area contributed by atoms with Crippen LogP contribution in [-0.2, 0) is 6.42 Å². The van der Waals surface area contributed by atoms with Crippen LogP contribution >= 0.6 is 0 Å². The second-order valence-corrected chi connectivity index (χ2v) is 5.95. The average molecular weight is 310 g/mol. The molecule has 120 valence electrons. The molecule has 0 bridgehead atoms. The van der Waals surface area contributed by atoms with Crippen molar-refractivity contribution in [1.82, 2.24) is 5.32 Å². The van der Waals surface area contributed by atoms with Gasteiger partial charge < -0.3 is 10.1 Å². The zero-order chi connectivity index (χ0) is 16.2. The summed E-state index contributed by atoms with van der Waals surface area (Å²) in [6, 6.07) is 16.1. The van der Waals surface area contributed by atoms with Crippen molar-refractivity contribution in [2.75, 3.05) is 18.1 Å². The van der Waals surface area contributed by atoms with Gasteiger partial charge >= 0.3 is 6.03 Å². The molecule has 2 aromatic rings. The zero-order valence-electron chi connectivity index (χ0n) is 13.6. The molecule has 1 aliphatic heterocycles. The lowest BCUT2D eigenvalue weighted by Crippen LogP contribution is -2.44. The van der Waals surface area contributed by atoms with Gasteiger partial charge in [0.05, 0.1) is 6.54 Å². The number of aryl methyl sites for hydroxylation is 1. The molecule has 4 nitrogen and oxygen atoms in total. The molecule has 1 heterocycles. The van der Waals surface area contributed by atoms with Crippen LogP contribution in [0, 0.1) is 6.92 Å². The van der Waals surface area contributed by atoms with E-state index in [1.165, 1.54) is 5.56 Å². The predicted molar refractivity (Wildman–Crippen MR) is 92.2 cm³/mol. The lowest BCUT2D eigenvalue weighted by atomic mass is 10.1. The summed E-state index contributed by atoms with van der Waals surface area (Å²) in [5.41, 5.74) is 3.40. The first-order valence-electron chi connectivity index (χ1n) is 7.99. The maximum atomic E-state index is 12.4. The number of fused-ring (bicyclic) bond motifs is 1. The van der Waals surface area contributed by atoms with Crippen molar-refractivity contribution in [1.29, 1.82) is 0 Å². The fraction of sp³-hybridized carbons (Fsp3) is 0.316. The summed E-state index contributed by atoms with van der Waals surface area (Å²) in [7, 11) is 0. The monoisotopic (exact) mass is 310 g/mol. The van der Waals surface area contributed by atoms with Crippen LogP contribution in [0.5, 0.6) is 5.75 Å². The standard InChI is InChI=1S/C19H22N2O2/c1-14-6-5-8-17(12-14)23-11-10-20-19(22)21-15(2)13-16-7-3-4-9-18(16)21/h3-9,12,15H,10-11,13H2,1-2H3,(H,20,22). The minimum absolute atomic E-state index is 0.0599. The van der Waals surface area contributed by atoms with Gasteiger partial charge in [0.25, 0.3) is 0 Å². The number of carbonyl (C=O) groups excluding carboxylic acids is 1. The Morgan fingerprint density at radius 3 is 2.91 bits per heavy atom. The van der Waals surface area contributed by atoms with Crippen LogP contribution < -0.4 is 15.0 Å². The highest BCUT2D eigenvalue weighted by molar-refractivity contribution is 5.94. The Labute approximate surface area is 137 Å². The molecule has 4 heteroatoms. The van der Waals surface area contributed by atoms with Crippen molar-refractivity contribution >= 4 is 11.7 Å². The number of anilines is 1. The van der Waals surface area contributed by atoms with E-state index in [9.17, 15) is 4.79 Å². The zero-order valence-corrected chi connectivity index (χ0v) is 13.6. The van der Waals surface area contributed by atoms with Crippen molar-refractivity contribution in [3.8, 4) is 5.75 Å². The minimum Gasteiger partial charge on any atom is -0.492 e. The number of carbonyl (C=O) groups is 1. The van der Waals surface area contributed by atoms with Crippen molar-refractivity contribution in [2.24, 2.45) is 0 Å². The van der Waals surface area contributed by atoms with Crippen molar-refractivity contribution < 1.29 is 9.53 Å². The van der Waals surface area contributed by atoms with Crippen LogP contribution in [0.15, 0.2) is 48.5 Å². The summed E-state index contributed by atoms with van der Waals surface area (Å²) < 4.78 is 5.66. The fourth-order valence-corrected chi connectivity index (χ4v) is 2.99. The molecule has 2 aromatic carbocycles. The molecule has 1 atom stereocenters. The first-order chi connectivity index (χ1) is 11.1. The summed E-state index contributed by atoms with van der Waals surface area (Å²) in [4.78, 5) is 14.3. The normalized spacial score (nSPS) is 16.1. The molecule has 3 rings (SSSR count). The Bertz CT molecular complexity index is 699. The summed E-state index contributed by atoms with van der Waals surface area (Å²) in [5, 5.41) is 2.94. The van der Waals surface area contributed by atoms with E-state index in [2.05, 4.69) is 18.3 Å². The van der Waals surface area contributed by atoms with E-state index in [4.69, 9.17) is 4.74 Å². The van der Waals surface area contributed by atoms with Crippen LogP contribution in [0.1, 0.15) is 18.1 Å². The Kier molecular flexibility index (Phi) is 4.51. The van der Waals surface area contributed by atoms with E-state index in [1.807, 2.05) is 54.3 Å². The average Bonchev–Trinajstić information content (AvgIpc) is 2.87. The van der Waals surface area contributed by atoms with Crippen molar-refractivity contribution in [2.45, 2.75) is 26.3 Å². The lowest BCUT2D eigenvalue weighted by molar-refractivity contribution is 0.240. The van der Waals surface area contributed by atoms with Gasteiger partial charge in [-0.1, -0.05) is 30.3 Å². The number of hydrogen-bond acceptors (Lipinski definition) is 2. The molecule has 2 amide bonds. The number of hydrogen-bond donors (Lipinski definition) is 1. The van der Waals surface area contributed by atoms with Crippen molar-refractivity contribution in [3.63, 3.8) is 0 Å². The summed E-state index contributed by atoms with van der Waals surface area (Å²) >= 11 is 0. The quantitative estimate of drug-likeness (QED) is 0.878. The molecule has 1 aliphatic rings. The highest BCUT2D eigenvalue weighted by Gasteiger charge is 2.30. The van der Waals surface area contributed by atoms with Gasteiger partial charge in [0.1, 0.15) is 12.4 Å². The number of benzene rings is 2. The molecule has 23 heavy (non-hydrogen) atoms. The van der Waals surface area contributed by atoms with Crippen LogP contribution in [0.3, 0.4) is 0 Å². The van der Waals surface area contributed by atoms with E-state index in [0.717, 1.165) is 23.4 Å². The minimum atomic E-state index is -0.0599. The number of ether oxygens (including phenoxy) is 1. The van der Waals surface area contributed by atoms with E-state index in [1.54, 1.807) is 0 Å². The fourth-order valence-electron chi connectivity index (χ4n) is 2.99. The number of rotatable bonds is 4. The van der Waals surface area contributed by atoms with Crippen LogP contribution in [-0.4, -0.2) is 25.2 Å². The molecular weight excluding hydrogens is 288 g/mol. The number of para-hydroxylation sites is 1. The van der Waals surface area contributed by atoms with Gasteiger partial charge in [0, 0.05) is 11.7 Å². The smallest absolute Gasteiger partial charge is 0.322 e. The molecule has 1 N–H and O–H groups in total. The third-order valence-corrected chi connectivity index (χ3v) is 4.06. The number of amides is 2. The van der Waals surface area contributed by atoms with Crippen LogP contribution in [0.4, 0.5) is 10.5 Å². The van der Waals surface area contributed by atoms with E-state index < -0.39 is 0 Å². The molecule has 0 saturated carbocycles. The molecule has 0 radical (unpaired) electrons. The first-order valence-corrected chi connectivity index (χ1v) is 7.99. The number of urea groups is 1. The third-order valence-electron chi connectivity index (χ3n) is 4.06. The van der Waals surface area contributed by atoms with E-state index >= 15 is 0 Å². The van der Waals surface area contributed by atoms with Gasteiger partial charge in [-0.2, -0.15) is 0 Å². The highest BCUT2D eigenvalue weighted by atomic mass is 16.5. The van der Waals surface area contributed by atoms with Gasteiger partial charge in [0.15, 0.2) is 0 Å². The van der Waals surface area contributed by atoms with Crippen molar-refractivity contribution in [3.05, 3.63) is 59.7 Å². The molecule has 0 aliphatic carbocycles.